The number of nitrogens with one attached hydrogen (secondary N) is 1. The van der Waals surface area contributed by atoms with Gasteiger partial charge < -0.3 is 14.6 Å². The first-order chi connectivity index (χ1) is 19.1. The Morgan fingerprint density at radius 1 is 1.02 bits per heavy atom. The highest BCUT2D eigenvalue weighted by Gasteiger charge is 2.19. The maximum Gasteiger partial charge on any atom is 0.250 e. The third-order valence-electron chi connectivity index (χ3n) is 6.17. The fourth-order valence-corrected chi connectivity index (χ4v) is 4.67. The highest BCUT2D eigenvalue weighted by atomic mass is 32.2. The molecule has 208 valence electrons. The van der Waals surface area contributed by atoms with Gasteiger partial charge in [0, 0.05) is 16.8 Å². The van der Waals surface area contributed by atoms with E-state index < -0.39 is 0 Å². The van der Waals surface area contributed by atoms with Crippen molar-refractivity contribution >= 4 is 23.9 Å². The van der Waals surface area contributed by atoms with E-state index in [1.165, 1.54) is 37.8 Å². The van der Waals surface area contributed by atoms with E-state index in [2.05, 4.69) is 65.8 Å². The van der Waals surface area contributed by atoms with Crippen LogP contribution in [0, 0.1) is 6.92 Å². The standard InChI is InChI=1S/C30H33N5O4S/c1-19-7-13-23(14-8-19)35-28(21-9-11-22(12-10-21)30(2,3)4)33-34-29(35)40-18-26(36)32-31-17-20-15-24(38-5)27(37)25(16-20)39-6/h7-17,37H,18H2,1-6H3,(H,32,36)/b31-17+. The molecule has 0 aliphatic heterocycles. The highest BCUT2D eigenvalue weighted by Crippen LogP contribution is 2.36. The highest BCUT2D eigenvalue weighted by molar-refractivity contribution is 7.99. The number of methoxy groups -OCH3 is 2. The van der Waals surface area contributed by atoms with E-state index in [9.17, 15) is 9.90 Å². The molecule has 10 heteroatoms. The van der Waals surface area contributed by atoms with Gasteiger partial charge in [0.1, 0.15) is 0 Å². The molecule has 0 aliphatic carbocycles. The van der Waals surface area contributed by atoms with E-state index in [-0.39, 0.29) is 34.3 Å². The molecule has 1 aromatic heterocycles. The number of aromatic nitrogens is 3. The molecule has 9 nitrogen and oxygen atoms in total. The molecule has 3 aromatic carbocycles. The Labute approximate surface area is 238 Å². The number of carbonyl (C=O) groups is 1. The van der Waals surface area contributed by atoms with Crippen LogP contribution in [0.5, 0.6) is 17.2 Å². The molecule has 0 aliphatic rings. The van der Waals surface area contributed by atoms with Gasteiger partial charge in [0.05, 0.1) is 26.2 Å². The van der Waals surface area contributed by atoms with E-state index in [0.29, 0.717) is 16.5 Å². The second-order valence-corrected chi connectivity index (χ2v) is 11.1. The quantitative estimate of drug-likeness (QED) is 0.158. The molecule has 4 aromatic rings. The van der Waals surface area contributed by atoms with E-state index >= 15 is 0 Å². The Morgan fingerprint density at radius 3 is 2.23 bits per heavy atom. The molecule has 0 radical (unpaired) electrons. The number of aryl methyl sites for hydroxylation is 1. The number of hydrogen-bond acceptors (Lipinski definition) is 8. The van der Waals surface area contributed by atoms with Crippen LogP contribution in [0.4, 0.5) is 0 Å². The number of hydrogen-bond donors (Lipinski definition) is 2. The zero-order chi connectivity index (χ0) is 28.9. The van der Waals surface area contributed by atoms with Crippen LogP contribution in [-0.4, -0.2) is 52.0 Å². The van der Waals surface area contributed by atoms with Crippen molar-refractivity contribution in [2.75, 3.05) is 20.0 Å². The molecule has 0 bridgehead atoms. The summed E-state index contributed by atoms with van der Waals surface area (Å²) in [7, 11) is 2.88. The molecule has 0 saturated carbocycles. The summed E-state index contributed by atoms with van der Waals surface area (Å²) in [5, 5.41) is 23.6. The molecule has 4 rings (SSSR count). The van der Waals surface area contributed by atoms with Gasteiger partial charge in [-0.3, -0.25) is 9.36 Å². The van der Waals surface area contributed by atoms with Crippen LogP contribution in [0.25, 0.3) is 17.1 Å². The summed E-state index contributed by atoms with van der Waals surface area (Å²) in [4.78, 5) is 12.6. The van der Waals surface area contributed by atoms with Gasteiger partial charge in [-0.2, -0.15) is 5.10 Å². The molecule has 0 spiro atoms. The lowest BCUT2D eigenvalue weighted by atomic mass is 9.87. The van der Waals surface area contributed by atoms with Gasteiger partial charge in [0.25, 0.3) is 5.91 Å². The molecule has 0 saturated heterocycles. The Bertz CT molecular complexity index is 1480. The summed E-state index contributed by atoms with van der Waals surface area (Å²) in [5.74, 6) is 0.828. The van der Waals surface area contributed by atoms with E-state index in [4.69, 9.17) is 9.47 Å². The Morgan fingerprint density at radius 2 is 1.65 bits per heavy atom. The fraction of sp³-hybridized carbons (Fsp3) is 0.267. The van der Waals surface area contributed by atoms with Gasteiger partial charge in [-0.05, 0) is 42.2 Å². The number of thioether (sulfide) groups is 1. The second-order valence-electron chi connectivity index (χ2n) is 10.2. The molecular formula is C30H33N5O4S. The van der Waals surface area contributed by atoms with Crippen LogP contribution in [-0.2, 0) is 10.2 Å². The van der Waals surface area contributed by atoms with Crippen molar-refractivity contribution in [2.45, 2.75) is 38.3 Å². The summed E-state index contributed by atoms with van der Waals surface area (Å²) < 4.78 is 12.3. The molecule has 0 fully saturated rings. The van der Waals surface area contributed by atoms with Crippen molar-refractivity contribution in [2.24, 2.45) is 5.10 Å². The van der Waals surface area contributed by atoms with Crippen LogP contribution in [0.1, 0.15) is 37.5 Å². The number of hydrazone groups is 1. The van der Waals surface area contributed by atoms with E-state index in [0.717, 1.165) is 16.8 Å². The van der Waals surface area contributed by atoms with Crippen molar-refractivity contribution in [3.63, 3.8) is 0 Å². The van der Waals surface area contributed by atoms with Crippen LogP contribution in [0.3, 0.4) is 0 Å². The van der Waals surface area contributed by atoms with E-state index in [1.54, 1.807) is 12.1 Å². The van der Waals surface area contributed by atoms with Crippen molar-refractivity contribution in [1.29, 1.82) is 0 Å². The number of ether oxygens (including phenoxy) is 2. The third-order valence-corrected chi connectivity index (χ3v) is 7.10. The smallest absolute Gasteiger partial charge is 0.250 e. The van der Waals surface area contributed by atoms with Crippen molar-refractivity contribution in [3.05, 3.63) is 77.4 Å². The number of phenolic OH excluding ortho intramolecular Hbond substituents is 1. The molecular weight excluding hydrogens is 526 g/mol. The largest absolute Gasteiger partial charge is 0.502 e. The number of amides is 1. The zero-order valence-electron chi connectivity index (χ0n) is 23.4. The first kappa shape index (κ1) is 28.7. The minimum atomic E-state index is -0.312. The van der Waals surface area contributed by atoms with Crippen molar-refractivity contribution in [3.8, 4) is 34.3 Å². The molecule has 2 N–H and O–H groups in total. The lowest BCUT2D eigenvalue weighted by Crippen LogP contribution is -2.20. The second kappa shape index (κ2) is 12.3. The van der Waals surface area contributed by atoms with Gasteiger partial charge >= 0.3 is 0 Å². The van der Waals surface area contributed by atoms with E-state index in [1.807, 2.05) is 35.8 Å². The Hall–Kier alpha value is -4.31. The molecule has 0 unspecified atom stereocenters. The fourth-order valence-electron chi connectivity index (χ4n) is 3.93. The zero-order valence-corrected chi connectivity index (χ0v) is 24.2. The van der Waals surface area contributed by atoms with Crippen LogP contribution < -0.4 is 14.9 Å². The monoisotopic (exact) mass is 559 g/mol. The summed E-state index contributed by atoms with van der Waals surface area (Å²) in [6.45, 7) is 8.57. The first-order valence-corrected chi connectivity index (χ1v) is 13.6. The SMILES string of the molecule is COc1cc(/C=N/NC(=O)CSc2nnc(-c3ccc(C(C)(C)C)cc3)n2-c2ccc(C)cc2)cc(OC)c1O. The van der Waals surface area contributed by atoms with Gasteiger partial charge in [0.2, 0.25) is 5.75 Å². The topological polar surface area (TPSA) is 111 Å². The maximum absolute atomic E-state index is 12.6. The molecule has 1 amide bonds. The van der Waals surface area contributed by atoms with Crippen molar-refractivity contribution in [1.82, 2.24) is 20.2 Å². The third kappa shape index (κ3) is 6.63. The average Bonchev–Trinajstić information content (AvgIpc) is 3.36. The normalized spacial score (nSPS) is 11.6. The molecule has 40 heavy (non-hydrogen) atoms. The number of carbonyl (C=O) groups excluding carboxylic acids is 1. The lowest BCUT2D eigenvalue weighted by Gasteiger charge is -2.19. The van der Waals surface area contributed by atoms with Crippen molar-refractivity contribution < 1.29 is 19.4 Å². The number of phenols is 1. The predicted molar refractivity (Wildman–Crippen MR) is 158 cm³/mol. The lowest BCUT2D eigenvalue weighted by molar-refractivity contribution is -0.118. The average molecular weight is 560 g/mol. The summed E-state index contributed by atoms with van der Waals surface area (Å²) >= 11 is 1.27. The summed E-state index contributed by atoms with van der Waals surface area (Å²) in [5.41, 5.74) is 7.36. The number of benzene rings is 3. The molecule has 1 heterocycles. The van der Waals surface area contributed by atoms with Gasteiger partial charge in [-0.15, -0.1) is 10.2 Å². The predicted octanol–water partition coefficient (Wildman–Crippen LogP) is 5.51. The Balaban J connectivity index is 1.52. The van der Waals surface area contributed by atoms with Crippen LogP contribution in [0.15, 0.2) is 70.9 Å². The van der Waals surface area contributed by atoms with Crippen LogP contribution >= 0.6 is 11.8 Å². The maximum atomic E-state index is 12.6. The first-order valence-electron chi connectivity index (χ1n) is 12.6. The van der Waals surface area contributed by atoms with Crippen LogP contribution in [0.2, 0.25) is 0 Å². The van der Waals surface area contributed by atoms with Gasteiger partial charge in [-0.1, -0.05) is 74.5 Å². The number of nitrogens with zero attached hydrogens (tertiary/aromatic N) is 4. The summed E-state index contributed by atoms with van der Waals surface area (Å²) in [6.07, 6.45) is 1.45. The minimum absolute atomic E-state index is 0.0421. The minimum Gasteiger partial charge on any atom is -0.502 e. The summed E-state index contributed by atoms with van der Waals surface area (Å²) in [6, 6.07) is 19.6. The van der Waals surface area contributed by atoms with Gasteiger partial charge in [0.15, 0.2) is 22.5 Å². The number of rotatable bonds is 9. The Kier molecular flexibility index (Phi) is 8.79. The van der Waals surface area contributed by atoms with Gasteiger partial charge in [-0.25, -0.2) is 5.43 Å². The number of aromatic hydroxyl groups is 1. The molecule has 0 atom stereocenters.